The van der Waals surface area contributed by atoms with Crippen LogP contribution in [0.1, 0.15) is 29.7 Å². The Morgan fingerprint density at radius 2 is 1.67 bits per heavy atom. The molecule has 0 unspecified atom stereocenters. The topological polar surface area (TPSA) is 46.2 Å². The molecule has 5 heteroatoms. The Bertz CT molecular complexity index is 742. The monoisotopic (exact) mass is 323 g/mol. The molecule has 0 aliphatic carbocycles. The van der Waals surface area contributed by atoms with Crippen LogP contribution in [0.4, 0.5) is 0 Å². The highest BCUT2D eigenvalue weighted by molar-refractivity contribution is 7.89. The number of aryl methyl sites for hydroxylation is 2. The van der Waals surface area contributed by atoms with E-state index in [9.17, 15) is 8.42 Å². The van der Waals surface area contributed by atoms with E-state index < -0.39 is 10.0 Å². The maximum atomic E-state index is 12.5. The second kappa shape index (κ2) is 6.18. The molecule has 0 amide bonds. The SMILES string of the molecule is Cc1cc(S(=O)(=O)N[C@H](C)c2ccccc2)c(C)cc1Cl. The van der Waals surface area contributed by atoms with Crippen LogP contribution in [0.25, 0.3) is 0 Å². The van der Waals surface area contributed by atoms with Crippen molar-refractivity contribution in [3.05, 3.63) is 64.2 Å². The number of hydrogen-bond donors (Lipinski definition) is 1. The molecule has 0 radical (unpaired) electrons. The van der Waals surface area contributed by atoms with Crippen molar-refractivity contribution in [3.63, 3.8) is 0 Å². The van der Waals surface area contributed by atoms with Crippen LogP contribution in [0.3, 0.4) is 0 Å². The summed E-state index contributed by atoms with van der Waals surface area (Å²) in [6, 6.07) is 12.5. The van der Waals surface area contributed by atoms with Crippen molar-refractivity contribution in [1.29, 1.82) is 0 Å². The Balaban J connectivity index is 2.33. The third kappa shape index (κ3) is 3.64. The molecule has 0 aliphatic rings. The highest BCUT2D eigenvalue weighted by atomic mass is 35.5. The Labute approximate surface area is 131 Å². The highest BCUT2D eigenvalue weighted by Gasteiger charge is 2.21. The molecule has 21 heavy (non-hydrogen) atoms. The molecule has 0 bridgehead atoms. The third-order valence-electron chi connectivity index (χ3n) is 3.38. The zero-order valence-corrected chi connectivity index (χ0v) is 13.8. The van der Waals surface area contributed by atoms with E-state index in [0.717, 1.165) is 11.1 Å². The molecule has 112 valence electrons. The van der Waals surface area contributed by atoms with Crippen LogP contribution in [0, 0.1) is 13.8 Å². The molecule has 0 spiro atoms. The molecule has 2 rings (SSSR count). The van der Waals surface area contributed by atoms with E-state index in [0.29, 0.717) is 10.6 Å². The third-order valence-corrected chi connectivity index (χ3v) is 5.47. The molecule has 0 saturated carbocycles. The van der Waals surface area contributed by atoms with E-state index in [1.807, 2.05) is 37.3 Å². The Kier molecular flexibility index (Phi) is 4.71. The predicted molar refractivity (Wildman–Crippen MR) is 86.1 cm³/mol. The minimum atomic E-state index is -3.59. The molecule has 2 aromatic carbocycles. The van der Waals surface area contributed by atoms with Crippen molar-refractivity contribution in [1.82, 2.24) is 4.72 Å². The van der Waals surface area contributed by atoms with Crippen molar-refractivity contribution < 1.29 is 8.42 Å². The van der Waals surface area contributed by atoms with Gasteiger partial charge in [0.15, 0.2) is 0 Å². The molecule has 2 aromatic rings. The fraction of sp³-hybridized carbons (Fsp3) is 0.250. The lowest BCUT2D eigenvalue weighted by Gasteiger charge is -2.16. The zero-order valence-electron chi connectivity index (χ0n) is 12.2. The largest absolute Gasteiger partial charge is 0.241 e. The van der Waals surface area contributed by atoms with Crippen LogP contribution in [0.2, 0.25) is 5.02 Å². The van der Waals surface area contributed by atoms with E-state index in [1.165, 1.54) is 0 Å². The fourth-order valence-electron chi connectivity index (χ4n) is 2.15. The van der Waals surface area contributed by atoms with Crippen LogP contribution in [0.15, 0.2) is 47.4 Å². The van der Waals surface area contributed by atoms with Gasteiger partial charge < -0.3 is 0 Å². The second-order valence-electron chi connectivity index (χ2n) is 5.12. The molecule has 0 aliphatic heterocycles. The Hall–Kier alpha value is -1.36. The number of halogens is 1. The fourth-order valence-corrected chi connectivity index (χ4v) is 3.91. The first-order valence-electron chi connectivity index (χ1n) is 6.65. The van der Waals surface area contributed by atoms with E-state index in [2.05, 4.69) is 4.72 Å². The summed E-state index contributed by atoms with van der Waals surface area (Å²) in [6.45, 7) is 5.36. The summed E-state index contributed by atoms with van der Waals surface area (Å²) in [5, 5.41) is 0.572. The summed E-state index contributed by atoms with van der Waals surface area (Å²) in [5.74, 6) is 0. The van der Waals surface area contributed by atoms with Crippen molar-refractivity contribution in [2.45, 2.75) is 31.7 Å². The number of sulfonamides is 1. The summed E-state index contributed by atoms with van der Waals surface area (Å²) in [4.78, 5) is 0.271. The van der Waals surface area contributed by atoms with Crippen LogP contribution >= 0.6 is 11.6 Å². The molecular formula is C16H18ClNO2S. The lowest BCUT2D eigenvalue weighted by atomic mass is 10.1. The van der Waals surface area contributed by atoms with E-state index in [4.69, 9.17) is 11.6 Å². The first-order valence-corrected chi connectivity index (χ1v) is 8.51. The lowest BCUT2D eigenvalue weighted by Crippen LogP contribution is -2.27. The van der Waals surface area contributed by atoms with Gasteiger partial charge in [0.1, 0.15) is 0 Å². The summed E-state index contributed by atoms with van der Waals surface area (Å²) in [7, 11) is -3.59. The van der Waals surface area contributed by atoms with Crippen LogP contribution in [-0.4, -0.2) is 8.42 Å². The van der Waals surface area contributed by atoms with Gasteiger partial charge in [-0.1, -0.05) is 41.9 Å². The first kappa shape index (κ1) is 16.0. The standard InChI is InChI=1S/C16H18ClNO2S/c1-11-10-16(12(2)9-15(11)17)21(19,20)18-13(3)14-7-5-4-6-8-14/h4-10,13,18H,1-3H3/t13-/m1/s1. The van der Waals surface area contributed by atoms with Gasteiger partial charge in [-0.2, -0.15) is 0 Å². The van der Waals surface area contributed by atoms with E-state index >= 15 is 0 Å². The van der Waals surface area contributed by atoms with Crippen LogP contribution < -0.4 is 4.72 Å². The van der Waals surface area contributed by atoms with Gasteiger partial charge in [0, 0.05) is 11.1 Å². The summed E-state index contributed by atoms with van der Waals surface area (Å²) < 4.78 is 27.8. The van der Waals surface area contributed by atoms with Crippen molar-refractivity contribution in [3.8, 4) is 0 Å². The molecule has 1 atom stereocenters. The average Bonchev–Trinajstić information content (AvgIpc) is 2.43. The van der Waals surface area contributed by atoms with E-state index in [1.54, 1.807) is 26.0 Å². The summed E-state index contributed by atoms with van der Waals surface area (Å²) in [6.07, 6.45) is 0. The van der Waals surface area contributed by atoms with Gasteiger partial charge in [-0.25, -0.2) is 13.1 Å². The highest BCUT2D eigenvalue weighted by Crippen LogP contribution is 2.25. The maximum absolute atomic E-state index is 12.5. The van der Waals surface area contributed by atoms with Gasteiger partial charge in [-0.05, 0) is 49.6 Å². The van der Waals surface area contributed by atoms with Crippen molar-refractivity contribution in [2.75, 3.05) is 0 Å². The molecule has 0 fully saturated rings. The molecule has 0 saturated heterocycles. The molecular weight excluding hydrogens is 306 g/mol. The van der Waals surface area contributed by atoms with Gasteiger partial charge in [0.25, 0.3) is 0 Å². The summed E-state index contributed by atoms with van der Waals surface area (Å²) >= 11 is 6.02. The first-order chi connectivity index (χ1) is 9.81. The Morgan fingerprint density at radius 1 is 1.05 bits per heavy atom. The van der Waals surface area contributed by atoms with Gasteiger partial charge in [0.2, 0.25) is 10.0 Å². The van der Waals surface area contributed by atoms with Gasteiger partial charge in [-0.15, -0.1) is 0 Å². The van der Waals surface area contributed by atoms with Crippen molar-refractivity contribution >= 4 is 21.6 Å². The lowest BCUT2D eigenvalue weighted by molar-refractivity contribution is 0.566. The Morgan fingerprint density at radius 3 is 2.29 bits per heavy atom. The molecule has 0 heterocycles. The minimum absolute atomic E-state index is 0.271. The van der Waals surface area contributed by atoms with Gasteiger partial charge >= 0.3 is 0 Å². The quantitative estimate of drug-likeness (QED) is 0.924. The molecule has 0 aromatic heterocycles. The normalized spacial score (nSPS) is 13.1. The predicted octanol–water partition coefficient (Wildman–Crippen LogP) is 4.00. The smallest absolute Gasteiger partial charge is 0.207 e. The number of rotatable bonds is 4. The number of hydrogen-bond acceptors (Lipinski definition) is 2. The summed E-state index contributed by atoms with van der Waals surface area (Å²) in [5.41, 5.74) is 2.30. The zero-order chi connectivity index (χ0) is 15.6. The van der Waals surface area contributed by atoms with E-state index in [-0.39, 0.29) is 10.9 Å². The average molecular weight is 324 g/mol. The van der Waals surface area contributed by atoms with Crippen LogP contribution in [-0.2, 0) is 10.0 Å². The maximum Gasteiger partial charge on any atom is 0.241 e. The van der Waals surface area contributed by atoms with Gasteiger partial charge in [0.05, 0.1) is 4.90 Å². The van der Waals surface area contributed by atoms with Crippen LogP contribution in [0.5, 0.6) is 0 Å². The molecule has 3 nitrogen and oxygen atoms in total. The number of benzene rings is 2. The van der Waals surface area contributed by atoms with Gasteiger partial charge in [-0.3, -0.25) is 0 Å². The number of nitrogens with one attached hydrogen (secondary N) is 1. The second-order valence-corrected chi connectivity index (χ2v) is 7.21. The van der Waals surface area contributed by atoms with Crippen molar-refractivity contribution in [2.24, 2.45) is 0 Å². The minimum Gasteiger partial charge on any atom is -0.207 e. The molecule has 1 N–H and O–H groups in total.